The summed E-state index contributed by atoms with van der Waals surface area (Å²) in [5, 5.41) is 5.84. The van der Waals surface area contributed by atoms with E-state index in [4.69, 9.17) is 34.8 Å². The number of rotatable bonds is 3. The molecule has 0 radical (unpaired) electrons. The molecule has 0 aliphatic heterocycles. The van der Waals surface area contributed by atoms with Gasteiger partial charge in [0.2, 0.25) is 5.95 Å². The molecule has 4 rings (SSSR count). The monoisotopic (exact) mass is 394 g/mol. The number of imidazole rings is 1. The van der Waals surface area contributed by atoms with Gasteiger partial charge in [-0.25, -0.2) is 9.67 Å². The van der Waals surface area contributed by atoms with E-state index in [-0.39, 0.29) is 0 Å². The first kappa shape index (κ1) is 15.8. The van der Waals surface area contributed by atoms with Crippen LogP contribution < -0.4 is 0 Å². The van der Waals surface area contributed by atoms with Crippen LogP contribution in [0.2, 0.25) is 15.1 Å². The number of aromatic nitrogens is 4. The molecule has 1 N–H and O–H groups in total. The van der Waals surface area contributed by atoms with Gasteiger partial charge in [-0.2, -0.15) is 5.10 Å². The van der Waals surface area contributed by atoms with E-state index in [2.05, 4.69) is 15.1 Å². The van der Waals surface area contributed by atoms with Crippen molar-refractivity contribution in [2.45, 2.75) is 9.79 Å². The molecule has 8 heteroatoms. The van der Waals surface area contributed by atoms with Crippen LogP contribution in [0, 0.1) is 0 Å². The topological polar surface area (TPSA) is 46.5 Å². The van der Waals surface area contributed by atoms with Crippen molar-refractivity contribution < 1.29 is 0 Å². The van der Waals surface area contributed by atoms with Crippen molar-refractivity contribution in [3.63, 3.8) is 0 Å². The molecule has 0 fully saturated rings. The maximum absolute atomic E-state index is 6.41. The molecule has 2 heterocycles. The fourth-order valence-electron chi connectivity index (χ4n) is 2.25. The Hall–Kier alpha value is -1.66. The van der Waals surface area contributed by atoms with Gasteiger partial charge in [0.05, 0.1) is 26.1 Å². The molecule has 0 bridgehead atoms. The first-order valence-corrected chi connectivity index (χ1v) is 8.87. The van der Waals surface area contributed by atoms with Crippen LogP contribution in [-0.2, 0) is 0 Å². The van der Waals surface area contributed by atoms with Crippen LogP contribution in [0.3, 0.4) is 0 Å². The van der Waals surface area contributed by atoms with Crippen LogP contribution in [0.15, 0.2) is 58.6 Å². The molecule has 0 saturated carbocycles. The molecule has 0 unspecified atom stereocenters. The van der Waals surface area contributed by atoms with Gasteiger partial charge < -0.3 is 4.98 Å². The molecule has 0 atom stereocenters. The van der Waals surface area contributed by atoms with Crippen LogP contribution in [-0.4, -0.2) is 19.7 Å². The van der Waals surface area contributed by atoms with E-state index in [9.17, 15) is 0 Å². The Morgan fingerprint density at radius 1 is 1.00 bits per heavy atom. The van der Waals surface area contributed by atoms with Gasteiger partial charge in [-0.15, -0.1) is 0 Å². The molecule has 24 heavy (non-hydrogen) atoms. The minimum absolute atomic E-state index is 0.514. The van der Waals surface area contributed by atoms with Crippen LogP contribution in [0.4, 0.5) is 0 Å². The summed E-state index contributed by atoms with van der Waals surface area (Å²) >= 11 is 19.9. The number of halogens is 3. The molecule has 4 aromatic rings. The summed E-state index contributed by atoms with van der Waals surface area (Å²) in [7, 11) is 0. The molecular weight excluding hydrogens is 387 g/mol. The lowest BCUT2D eigenvalue weighted by Gasteiger charge is -2.05. The lowest BCUT2D eigenvalue weighted by molar-refractivity contribution is 0.829. The summed E-state index contributed by atoms with van der Waals surface area (Å²) in [4.78, 5) is 9.60. The van der Waals surface area contributed by atoms with E-state index in [1.165, 1.54) is 11.8 Å². The maximum Gasteiger partial charge on any atom is 0.229 e. The van der Waals surface area contributed by atoms with Gasteiger partial charge in [0, 0.05) is 22.2 Å². The second kappa shape index (κ2) is 6.33. The standard InChI is InChI=1S/C16H9Cl3N4S/c17-10-3-2-9(6-11(10)18)24-15-8-14-13(7-12(15)19)21-16(22-14)23-5-1-4-20-23/h1-8H,(H,21,22). The Kier molecular flexibility index (Phi) is 4.18. The van der Waals surface area contributed by atoms with Gasteiger partial charge in [-0.1, -0.05) is 46.6 Å². The van der Waals surface area contributed by atoms with Gasteiger partial charge in [-0.05, 0) is 36.4 Å². The third kappa shape index (κ3) is 3.00. The Bertz CT molecular complexity index is 1030. The van der Waals surface area contributed by atoms with Gasteiger partial charge in [-0.3, -0.25) is 0 Å². The van der Waals surface area contributed by atoms with Crippen molar-refractivity contribution in [1.82, 2.24) is 19.7 Å². The highest BCUT2D eigenvalue weighted by molar-refractivity contribution is 7.99. The van der Waals surface area contributed by atoms with Crippen molar-refractivity contribution in [3.8, 4) is 5.95 Å². The molecule has 0 aliphatic carbocycles. The summed E-state index contributed by atoms with van der Waals surface area (Å²) in [5.41, 5.74) is 1.66. The normalized spacial score (nSPS) is 11.3. The van der Waals surface area contributed by atoms with E-state index in [0.717, 1.165) is 20.8 Å². The highest BCUT2D eigenvalue weighted by Gasteiger charge is 2.11. The third-order valence-electron chi connectivity index (χ3n) is 3.36. The molecule has 120 valence electrons. The Balaban J connectivity index is 1.73. The maximum atomic E-state index is 6.41. The SMILES string of the molecule is Clc1ccc(Sc2cc3nc(-n4cccn4)[nH]c3cc2Cl)cc1Cl. The average Bonchev–Trinajstić information content (AvgIpc) is 3.20. The van der Waals surface area contributed by atoms with Crippen molar-refractivity contribution in [1.29, 1.82) is 0 Å². The van der Waals surface area contributed by atoms with E-state index in [1.807, 2.05) is 36.5 Å². The predicted octanol–water partition coefficient (Wildman–Crippen LogP) is 5.86. The minimum Gasteiger partial charge on any atom is -0.322 e. The van der Waals surface area contributed by atoms with Gasteiger partial charge >= 0.3 is 0 Å². The fraction of sp³-hybridized carbons (Fsp3) is 0. The van der Waals surface area contributed by atoms with Crippen molar-refractivity contribution >= 4 is 57.6 Å². The minimum atomic E-state index is 0.514. The zero-order valence-corrected chi connectivity index (χ0v) is 15.1. The average molecular weight is 396 g/mol. The smallest absolute Gasteiger partial charge is 0.229 e. The second-order valence-electron chi connectivity index (χ2n) is 4.99. The third-order valence-corrected chi connectivity index (χ3v) is 5.57. The molecule has 0 spiro atoms. The van der Waals surface area contributed by atoms with E-state index < -0.39 is 0 Å². The number of nitrogens with zero attached hydrogens (tertiary/aromatic N) is 3. The van der Waals surface area contributed by atoms with Crippen molar-refractivity contribution in [2.24, 2.45) is 0 Å². The number of nitrogens with one attached hydrogen (secondary N) is 1. The lowest BCUT2D eigenvalue weighted by Crippen LogP contribution is -1.95. The molecule has 2 aromatic heterocycles. The number of aromatic amines is 1. The van der Waals surface area contributed by atoms with Crippen LogP contribution in [0.5, 0.6) is 0 Å². The van der Waals surface area contributed by atoms with E-state index in [1.54, 1.807) is 16.9 Å². The fourth-order valence-corrected chi connectivity index (χ4v) is 3.78. The highest BCUT2D eigenvalue weighted by atomic mass is 35.5. The van der Waals surface area contributed by atoms with Crippen LogP contribution in [0.1, 0.15) is 0 Å². The second-order valence-corrected chi connectivity index (χ2v) is 7.33. The number of H-pyrrole nitrogens is 1. The van der Waals surface area contributed by atoms with Crippen LogP contribution >= 0.6 is 46.6 Å². The van der Waals surface area contributed by atoms with Gasteiger partial charge in [0.15, 0.2) is 0 Å². The molecular formula is C16H9Cl3N4S. The highest BCUT2D eigenvalue weighted by Crippen LogP contribution is 2.37. The lowest BCUT2D eigenvalue weighted by atomic mass is 10.3. The first-order chi connectivity index (χ1) is 11.6. The molecule has 0 aliphatic rings. The van der Waals surface area contributed by atoms with Crippen LogP contribution in [0.25, 0.3) is 17.0 Å². The number of hydrogen-bond acceptors (Lipinski definition) is 3. The Morgan fingerprint density at radius 2 is 1.88 bits per heavy atom. The summed E-state index contributed by atoms with van der Waals surface area (Å²) < 4.78 is 1.67. The predicted molar refractivity (Wildman–Crippen MR) is 98.8 cm³/mol. The van der Waals surface area contributed by atoms with Crippen molar-refractivity contribution in [2.75, 3.05) is 0 Å². The Morgan fingerprint density at radius 3 is 2.62 bits per heavy atom. The zero-order chi connectivity index (χ0) is 16.7. The molecule has 0 amide bonds. The van der Waals surface area contributed by atoms with Crippen molar-refractivity contribution in [3.05, 3.63) is 63.9 Å². The number of hydrogen-bond donors (Lipinski definition) is 1. The van der Waals surface area contributed by atoms with E-state index in [0.29, 0.717) is 21.0 Å². The first-order valence-electron chi connectivity index (χ1n) is 6.92. The summed E-state index contributed by atoms with van der Waals surface area (Å²) in [5.74, 6) is 0.641. The number of fused-ring (bicyclic) bond motifs is 1. The van der Waals surface area contributed by atoms with Gasteiger partial charge in [0.1, 0.15) is 0 Å². The Labute approximate surface area is 156 Å². The molecule has 2 aromatic carbocycles. The largest absolute Gasteiger partial charge is 0.322 e. The summed E-state index contributed by atoms with van der Waals surface area (Å²) in [6.45, 7) is 0. The molecule has 0 saturated heterocycles. The quantitative estimate of drug-likeness (QED) is 0.472. The molecule has 4 nitrogen and oxygen atoms in total. The van der Waals surface area contributed by atoms with Gasteiger partial charge in [0.25, 0.3) is 0 Å². The zero-order valence-electron chi connectivity index (χ0n) is 12.0. The number of benzene rings is 2. The summed E-state index contributed by atoms with van der Waals surface area (Å²) in [6, 6.07) is 11.1. The van der Waals surface area contributed by atoms with E-state index >= 15 is 0 Å². The summed E-state index contributed by atoms with van der Waals surface area (Å²) in [6.07, 6.45) is 3.52.